The molecule has 0 N–H and O–H groups in total. The molecule has 2 bridgehead atoms. The van der Waals surface area contributed by atoms with Crippen molar-refractivity contribution >= 4 is 5.78 Å². The molecule has 2 aliphatic heterocycles. The zero-order chi connectivity index (χ0) is 7.19. The lowest BCUT2D eigenvalue weighted by atomic mass is 9.81. The van der Waals surface area contributed by atoms with E-state index in [4.69, 9.17) is 0 Å². The molecule has 2 nitrogen and oxygen atoms in total. The highest BCUT2D eigenvalue weighted by Crippen LogP contribution is 2.40. The van der Waals surface area contributed by atoms with Gasteiger partial charge in [0.25, 0.3) is 0 Å². The second kappa shape index (κ2) is 1.82. The van der Waals surface area contributed by atoms with E-state index in [1.54, 1.807) is 6.92 Å². The van der Waals surface area contributed by atoms with Crippen LogP contribution in [0.15, 0.2) is 0 Å². The Hall–Kier alpha value is -0.370. The molecule has 0 atom stereocenters. The summed E-state index contributed by atoms with van der Waals surface area (Å²) < 4.78 is 0. The fourth-order valence-corrected chi connectivity index (χ4v) is 2.19. The molecule has 0 aromatic heterocycles. The highest BCUT2D eigenvalue weighted by Gasteiger charge is 2.46. The van der Waals surface area contributed by atoms with Crippen molar-refractivity contribution in [3.05, 3.63) is 0 Å². The lowest BCUT2D eigenvalue weighted by Gasteiger charge is -2.20. The van der Waals surface area contributed by atoms with E-state index in [-0.39, 0.29) is 5.41 Å². The second-order valence-corrected chi connectivity index (χ2v) is 3.61. The Labute approximate surface area is 61.2 Å². The molecule has 56 valence electrons. The summed E-state index contributed by atoms with van der Waals surface area (Å²) in [5, 5.41) is 0. The fraction of sp³-hybridized carbons (Fsp3) is 0.875. The fourth-order valence-electron chi connectivity index (χ4n) is 2.19. The third-order valence-electron chi connectivity index (χ3n) is 3.09. The average molecular weight is 139 g/mol. The third kappa shape index (κ3) is 0.655. The van der Waals surface area contributed by atoms with E-state index in [1.165, 1.54) is 0 Å². The van der Waals surface area contributed by atoms with Crippen LogP contribution in [-0.4, -0.2) is 30.3 Å². The third-order valence-corrected chi connectivity index (χ3v) is 3.09. The quantitative estimate of drug-likeness (QED) is 0.532. The molecule has 0 radical (unpaired) electrons. The van der Waals surface area contributed by atoms with Gasteiger partial charge in [0.15, 0.2) is 0 Å². The summed E-state index contributed by atoms with van der Waals surface area (Å²) in [6.45, 7) is 5.09. The molecule has 0 aromatic carbocycles. The Kier molecular flexibility index (Phi) is 1.15. The molecular weight excluding hydrogens is 126 g/mol. The van der Waals surface area contributed by atoms with Crippen molar-refractivity contribution in [1.29, 1.82) is 0 Å². The highest BCUT2D eigenvalue weighted by molar-refractivity contribution is 5.83. The summed E-state index contributed by atoms with van der Waals surface area (Å²) in [5.74, 6) is 0.410. The number of piperidine rings is 1. The highest BCUT2D eigenvalue weighted by atomic mass is 16.1. The van der Waals surface area contributed by atoms with Gasteiger partial charge in [0.05, 0.1) is 0 Å². The van der Waals surface area contributed by atoms with Crippen molar-refractivity contribution in [1.82, 2.24) is 4.90 Å². The van der Waals surface area contributed by atoms with Crippen LogP contribution in [0.3, 0.4) is 0 Å². The number of carbonyl (C=O) groups excluding carboxylic acids is 1. The number of carbonyl (C=O) groups is 1. The maximum Gasteiger partial charge on any atom is 0.137 e. The minimum atomic E-state index is 0.0972. The van der Waals surface area contributed by atoms with E-state index in [0.29, 0.717) is 5.78 Å². The first-order valence-electron chi connectivity index (χ1n) is 3.96. The topological polar surface area (TPSA) is 20.3 Å². The Balaban J connectivity index is 2.23. The van der Waals surface area contributed by atoms with Crippen LogP contribution in [0.5, 0.6) is 0 Å². The molecule has 2 heteroatoms. The number of rotatable bonds is 1. The van der Waals surface area contributed by atoms with E-state index in [9.17, 15) is 4.79 Å². The Morgan fingerprint density at radius 2 is 2.00 bits per heavy atom. The van der Waals surface area contributed by atoms with Crippen molar-refractivity contribution in [2.45, 2.75) is 19.8 Å². The predicted octanol–water partition coefficient (Wildman–Crippen LogP) is 0.671. The van der Waals surface area contributed by atoms with E-state index in [1.807, 2.05) is 0 Å². The average Bonchev–Trinajstić information content (AvgIpc) is 2.45. The summed E-state index contributed by atoms with van der Waals surface area (Å²) in [6, 6.07) is 0. The van der Waals surface area contributed by atoms with Gasteiger partial charge in [0, 0.05) is 12.0 Å². The lowest BCUT2D eigenvalue weighted by Crippen LogP contribution is -2.27. The SMILES string of the molecule is CC(=O)C12CCN(CC1)C2. The minimum absolute atomic E-state index is 0.0972. The molecule has 2 rings (SSSR count). The molecule has 0 saturated carbocycles. The van der Waals surface area contributed by atoms with Crippen molar-refractivity contribution in [2.24, 2.45) is 5.41 Å². The molecule has 0 amide bonds. The Morgan fingerprint density at radius 1 is 1.40 bits per heavy atom. The summed E-state index contributed by atoms with van der Waals surface area (Å²) in [6.07, 6.45) is 2.23. The summed E-state index contributed by atoms with van der Waals surface area (Å²) in [7, 11) is 0. The van der Waals surface area contributed by atoms with E-state index in [2.05, 4.69) is 4.90 Å². The summed E-state index contributed by atoms with van der Waals surface area (Å²) >= 11 is 0. The number of fused-ring (bicyclic) bond motifs is 2. The first kappa shape index (κ1) is 6.35. The van der Waals surface area contributed by atoms with Crippen molar-refractivity contribution < 1.29 is 4.79 Å². The maximum atomic E-state index is 11.2. The normalized spacial score (nSPS) is 44.3. The molecule has 0 spiro atoms. The van der Waals surface area contributed by atoms with Gasteiger partial charge < -0.3 is 4.90 Å². The van der Waals surface area contributed by atoms with Crippen LogP contribution >= 0.6 is 0 Å². The monoisotopic (exact) mass is 139 g/mol. The molecule has 2 aliphatic rings. The standard InChI is InChI=1S/C8H13NO/c1-7(10)8-2-4-9(6-8)5-3-8/h2-6H2,1H3. The molecule has 10 heavy (non-hydrogen) atoms. The Morgan fingerprint density at radius 3 is 2.20 bits per heavy atom. The van der Waals surface area contributed by atoms with Crippen LogP contribution < -0.4 is 0 Å². The molecule has 2 saturated heterocycles. The first-order valence-corrected chi connectivity index (χ1v) is 3.96. The van der Waals surface area contributed by atoms with E-state index < -0.39 is 0 Å². The summed E-state index contributed by atoms with van der Waals surface area (Å²) in [5.41, 5.74) is 0.0972. The molecule has 0 aliphatic carbocycles. The summed E-state index contributed by atoms with van der Waals surface area (Å²) in [4.78, 5) is 13.6. The number of nitrogens with zero attached hydrogens (tertiary/aromatic N) is 1. The van der Waals surface area contributed by atoms with Gasteiger partial charge in [-0.1, -0.05) is 0 Å². The van der Waals surface area contributed by atoms with Crippen LogP contribution in [0, 0.1) is 5.41 Å². The van der Waals surface area contributed by atoms with Crippen LogP contribution in [0.25, 0.3) is 0 Å². The number of hydrogen-bond donors (Lipinski definition) is 0. The largest absolute Gasteiger partial charge is 0.302 e. The van der Waals surface area contributed by atoms with Gasteiger partial charge in [-0.25, -0.2) is 0 Å². The van der Waals surface area contributed by atoms with Crippen LogP contribution in [0.2, 0.25) is 0 Å². The molecule has 0 unspecified atom stereocenters. The van der Waals surface area contributed by atoms with Crippen LogP contribution in [0.4, 0.5) is 0 Å². The Bertz CT molecular complexity index is 168. The van der Waals surface area contributed by atoms with E-state index >= 15 is 0 Å². The van der Waals surface area contributed by atoms with Crippen molar-refractivity contribution in [2.75, 3.05) is 19.6 Å². The predicted molar refractivity (Wildman–Crippen MR) is 38.8 cm³/mol. The lowest BCUT2D eigenvalue weighted by molar-refractivity contribution is -0.125. The first-order chi connectivity index (χ1) is 4.73. The number of ketones is 1. The second-order valence-electron chi connectivity index (χ2n) is 3.61. The van der Waals surface area contributed by atoms with Gasteiger partial charge in [-0.2, -0.15) is 0 Å². The zero-order valence-corrected chi connectivity index (χ0v) is 6.39. The number of Topliss-reactive ketones (excluding diaryl/α,β-unsaturated/α-hetero) is 1. The van der Waals surface area contributed by atoms with Crippen LogP contribution in [0.1, 0.15) is 19.8 Å². The van der Waals surface area contributed by atoms with Gasteiger partial charge in [-0.3, -0.25) is 4.79 Å². The van der Waals surface area contributed by atoms with Gasteiger partial charge in [-0.05, 0) is 32.9 Å². The molecule has 0 aromatic rings. The van der Waals surface area contributed by atoms with E-state index in [0.717, 1.165) is 32.5 Å². The van der Waals surface area contributed by atoms with Crippen molar-refractivity contribution in [3.63, 3.8) is 0 Å². The van der Waals surface area contributed by atoms with Crippen molar-refractivity contribution in [3.8, 4) is 0 Å². The van der Waals surface area contributed by atoms with Gasteiger partial charge >= 0.3 is 0 Å². The van der Waals surface area contributed by atoms with Gasteiger partial charge in [0.2, 0.25) is 0 Å². The maximum absolute atomic E-state index is 11.2. The van der Waals surface area contributed by atoms with Gasteiger partial charge in [-0.15, -0.1) is 0 Å². The minimum Gasteiger partial charge on any atom is -0.302 e. The van der Waals surface area contributed by atoms with Crippen LogP contribution in [-0.2, 0) is 4.79 Å². The zero-order valence-electron chi connectivity index (χ0n) is 6.39. The smallest absolute Gasteiger partial charge is 0.137 e. The van der Waals surface area contributed by atoms with Gasteiger partial charge in [0.1, 0.15) is 5.78 Å². The number of hydrogen-bond acceptors (Lipinski definition) is 2. The molecular formula is C8H13NO. The molecule has 2 heterocycles. The molecule has 2 fully saturated rings.